The number of aliphatic hydroxyl groups excluding tert-OH is 1. The summed E-state index contributed by atoms with van der Waals surface area (Å²) in [6.07, 6.45) is 0.580. The maximum Gasteiger partial charge on any atom is 0.332 e. The third-order valence-electron chi connectivity index (χ3n) is 3.19. The van der Waals surface area contributed by atoms with Crippen molar-refractivity contribution in [3.8, 4) is 0 Å². The number of hydrogen-bond acceptors (Lipinski definition) is 4. The van der Waals surface area contributed by atoms with Gasteiger partial charge in [-0.1, -0.05) is 0 Å². The molecule has 0 aromatic carbocycles. The highest BCUT2D eigenvalue weighted by molar-refractivity contribution is 5.75. The van der Waals surface area contributed by atoms with Crippen molar-refractivity contribution < 1.29 is 19.8 Å². The number of likely N-dealkylation sites (N-methyl/N-ethyl adjacent to an activating group) is 1. The molecule has 7 heteroatoms. The normalized spacial score (nSPS) is 20.6. The zero-order valence-corrected chi connectivity index (χ0v) is 11.5. The summed E-state index contributed by atoms with van der Waals surface area (Å²) in [6, 6.07) is 0.0290. The number of likely N-dealkylation sites (tertiary alicyclic amines) is 1. The van der Waals surface area contributed by atoms with Crippen LogP contribution in [0.2, 0.25) is 0 Å². The van der Waals surface area contributed by atoms with Crippen molar-refractivity contribution in [2.24, 2.45) is 0 Å². The van der Waals surface area contributed by atoms with E-state index in [1.165, 1.54) is 0 Å². The summed E-state index contributed by atoms with van der Waals surface area (Å²) in [5.74, 6) is -1.26. The molecular weight excluding hydrogens is 250 g/mol. The molecule has 1 aliphatic rings. The first kappa shape index (κ1) is 15.7. The highest BCUT2D eigenvalue weighted by Gasteiger charge is 2.28. The van der Waals surface area contributed by atoms with Crippen molar-refractivity contribution in [1.82, 2.24) is 15.1 Å². The Morgan fingerprint density at radius 2 is 2.16 bits per heavy atom. The van der Waals surface area contributed by atoms with E-state index in [9.17, 15) is 9.59 Å². The molecule has 1 heterocycles. The Morgan fingerprint density at radius 1 is 1.47 bits per heavy atom. The number of rotatable bonds is 6. The monoisotopic (exact) mass is 273 g/mol. The number of carbonyl (C=O) groups is 2. The number of amides is 2. The number of aliphatic hydroxyl groups is 1. The first-order valence-electron chi connectivity index (χ1n) is 6.52. The van der Waals surface area contributed by atoms with Gasteiger partial charge in [0.15, 0.2) is 6.10 Å². The Kier molecular flexibility index (Phi) is 6.04. The average molecular weight is 273 g/mol. The lowest BCUT2D eigenvalue weighted by atomic mass is 10.2. The van der Waals surface area contributed by atoms with E-state index in [1.807, 2.05) is 19.0 Å². The minimum Gasteiger partial charge on any atom is -0.479 e. The van der Waals surface area contributed by atoms with E-state index in [2.05, 4.69) is 5.32 Å². The molecular formula is C12H23N3O4. The van der Waals surface area contributed by atoms with Gasteiger partial charge in [-0.15, -0.1) is 0 Å². The molecule has 2 atom stereocenters. The predicted molar refractivity (Wildman–Crippen MR) is 69.9 cm³/mol. The quantitative estimate of drug-likeness (QED) is 0.610. The molecule has 2 amide bonds. The molecule has 110 valence electrons. The number of nitrogens with one attached hydrogen (secondary N) is 1. The van der Waals surface area contributed by atoms with Crippen LogP contribution in [-0.2, 0) is 4.79 Å². The highest BCUT2D eigenvalue weighted by Crippen LogP contribution is 2.17. The van der Waals surface area contributed by atoms with Gasteiger partial charge in [0.2, 0.25) is 0 Å². The average Bonchev–Trinajstić information content (AvgIpc) is 2.75. The summed E-state index contributed by atoms with van der Waals surface area (Å²) in [4.78, 5) is 26.2. The zero-order valence-electron chi connectivity index (χ0n) is 11.5. The van der Waals surface area contributed by atoms with Crippen LogP contribution < -0.4 is 5.32 Å². The van der Waals surface area contributed by atoms with Gasteiger partial charge in [0.05, 0.1) is 0 Å². The van der Waals surface area contributed by atoms with Crippen LogP contribution in [0.1, 0.15) is 19.3 Å². The molecule has 1 aliphatic heterocycles. The molecule has 1 rings (SSSR count). The zero-order chi connectivity index (χ0) is 14.4. The van der Waals surface area contributed by atoms with Crippen LogP contribution >= 0.6 is 0 Å². The lowest BCUT2D eigenvalue weighted by molar-refractivity contribution is -0.146. The van der Waals surface area contributed by atoms with Crippen LogP contribution in [0.3, 0.4) is 0 Å². The van der Waals surface area contributed by atoms with Gasteiger partial charge in [0, 0.05) is 32.1 Å². The van der Waals surface area contributed by atoms with Crippen molar-refractivity contribution in [3.63, 3.8) is 0 Å². The topological polar surface area (TPSA) is 93.1 Å². The minimum atomic E-state index is -1.42. The third kappa shape index (κ3) is 5.04. The fourth-order valence-corrected chi connectivity index (χ4v) is 2.26. The summed E-state index contributed by atoms with van der Waals surface area (Å²) in [5.41, 5.74) is 0. The summed E-state index contributed by atoms with van der Waals surface area (Å²) < 4.78 is 0. The van der Waals surface area contributed by atoms with Gasteiger partial charge in [-0.25, -0.2) is 9.59 Å². The second-order valence-electron chi connectivity index (χ2n) is 5.13. The molecule has 0 aromatic heterocycles. The smallest absolute Gasteiger partial charge is 0.332 e. The highest BCUT2D eigenvalue weighted by atomic mass is 16.4. The molecule has 1 fully saturated rings. The second-order valence-corrected chi connectivity index (χ2v) is 5.13. The number of carbonyl (C=O) groups excluding carboxylic acids is 1. The lowest BCUT2D eigenvalue weighted by Gasteiger charge is -2.27. The van der Waals surface area contributed by atoms with Gasteiger partial charge >= 0.3 is 12.0 Å². The fourth-order valence-electron chi connectivity index (χ4n) is 2.26. The SMILES string of the molecule is CN(C)CC1CCCN1C(=O)NCC[C@H](O)C(=O)O. The molecule has 7 nitrogen and oxygen atoms in total. The molecule has 0 bridgehead atoms. The van der Waals surface area contributed by atoms with Crippen molar-refractivity contribution >= 4 is 12.0 Å². The second kappa shape index (κ2) is 7.30. The van der Waals surface area contributed by atoms with Crippen LogP contribution in [0, 0.1) is 0 Å². The Balaban J connectivity index is 2.34. The number of carboxylic acids is 1. The molecule has 0 radical (unpaired) electrons. The molecule has 0 aliphatic carbocycles. The Labute approximate surface area is 113 Å². The van der Waals surface area contributed by atoms with E-state index < -0.39 is 12.1 Å². The van der Waals surface area contributed by atoms with E-state index in [0.717, 1.165) is 25.9 Å². The minimum absolute atomic E-state index is 0.0211. The van der Waals surface area contributed by atoms with Crippen LogP contribution in [0.15, 0.2) is 0 Å². The number of carboxylic acid groups (broad SMARTS) is 1. The molecule has 0 aromatic rings. The van der Waals surface area contributed by atoms with E-state index in [-0.39, 0.29) is 25.0 Å². The molecule has 1 unspecified atom stereocenters. The van der Waals surface area contributed by atoms with Gasteiger partial charge in [-0.05, 0) is 26.9 Å². The van der Waals surface area contributed by atoms with Crippen LogP contribution in [0.25, 0.3) is 0 Å². The number of urea groups is 1. The maximum absolute atomic E-state index is 12.0. The summed E-state index contributed by atoms with van der Waals surface area (Å²) in [6.45, 7) is 1.72. The van der Waals surface area contributed by atoms with Gasteiger partial charge in [-0.3, -0.25) is 0 Å². The third-order valence-corrected chi connectivity index (χ3v) is 3.19. The van der Waals surface area contributed by atoms with Crippen LogP contribution in [0.5, 0.6) is 0 Å². The van der Waals surface area contributed by atoms with Gasteiger partial charge in [0.1, 0.15) is 0 Å². The molecule has 19 heavy (non-hydrogen) atoms. The molecule has 0 spiro atoms. The molecule has 0 saturated carbocycles. The predicted octanol–water partition coefficient (Wildman–Crippen LogP) is -0.442. The van der Waals surface area contributed by atoms with E-state index in [4.69, 9.17) is 10.2 Å². The summed E-state index contributed by atoms with van der Waals surface area (Å²) in [7, 11) is 3.94. The van der Waals surface area contributed by atoms with Crippen molar-refractivity contribution in [1.29, 1.82) is 0 Å². The fraction of sp³-hybridized carbons (Fsp3) is 0.833. The lowest BCUT2D eigenvalue weighted by Crippen LogP contribution is -2.47. The van der Waals surface area contributed by atoms with Crippen molar-refractivity contribution in [2.45, 2.75) is 31.4 Å². The first-order chi connectivity index (χ1) is 8.91. The van der Waals surface area contributed by atoms with Crippen molar-refractivity contribution in [3.05, 3.63) is 0 Å². The number of aliphatic carboxylic acids is 1. The van der Waals surface area contributed by atoms with E-state index >= 15 is 0 Å². The number of nitrogens with zero attached hydrogens (tertiary/aromatic N) is 2. The summed E-state index contributed by atoms with van der Waals surface area (Å²) >= 11 is 0. The number of hydrogen-bond donors (Lipinski definition) is 3. The van der Waals surface area contributed by atoms with Gasteiger partial charge < -0.3 is 25.3 Å². The van der Waals surface area contributed by atoms with Gasteiger partial charge in [0.25, 0.3) is 0 Å². The van der Waals surface area contributed by atoms with E-state index in [0.29, 0.717) is 0 Å². The largest absolute Gasteiger partial charge is 0.479 e. The van der Waals surface area contributed by atoms with Gasteiger partial charge in [-0.2, -0.15) is 0 Å². The maximum atomic E-state index is 12.0. The van der Waals surface area contributed by atoms with Crippen LogP contribution in [0.4, 0.5) is 4.79 Å². The molecule has 1 saturated heterocycles. The van der Waals surface area contributed by atoms with Crippen molar-refractivity contribution in [2.75, 3.05) is 33.7 Å². The standard InChI is InChI=1S/C12H23N3O4/c1-14(2)8-9-4-3-7-15(9)12(19)13-6-5-10(16)11(17)18/h9-10,16H,3-8H2,1-2H3,(H,13,19)(H,17,18)/t9?,10-/m0/s1. The summed E-state index contributed by atoms with van der Waals surface area (Å²) in [5, 5.41) is 20.3. The van der Waals surface area contributed by atoms with Crippen LogP contribution in [-0.4, -0.2) is 77.9 Å². The Hall–Kier alpha value is -1.34. The molecule has 3 N–H and O–H groups in total. The first-order valence-corrected chi connectivity index (χ1v) is 6.52. The Bertz CT molecular complexity index is 322. The Morgan fingerprint density at radius 3 is 2.74 bits per heavy atom. The van der Waals surface area contributed by atoms with E-state index in [1.54, 1.807) is 4.90 Å².